The summed E-state index contributed by atoms with van der Waals surface area (Å²) in [6, 6.07) is 9.84. The van der Waals surface area contributed by atoms with Crippen LogP contribution in [0.25, 0.3) is 11.3 Å². The van der Waals surface area contributed by atoms with E-state index in [9.17, 15) is 4.79 Å². The van der Waals surface area contributed by atoms with Gasteiger partial charge >= 0.3 is 0 Å². The maximum atomic E-state index is 12.9. The first-order chi connectivity index (χ1) is 12.5. The van der Waals surface area contributed by atoms with Crippen LogP contribution in [0.2, 0.25) is 10.0 Å². The second-order valence-electron chi connectivity index (χ2n) is 7.40. The van der Waals surface area contributed by atoms with Crippen molar-refractivity contribution in [2.45, 2.75) is 31.8 Å². The molecule has 0 spiro atoms. The number of fused-ring (bicyclic) bond motifs is 3. The van der Waals surface area contributed by atoms with Gasteiger partial charge in [-0.25, -0.2) is 0 Å². The summed E-state index contributed by atoms with van der Waals surface area (Å²) in [6.07, 6.45) is 2.35. The summed E-state index contributed by atoms with van der Waals surface area (Å²) >= 11 is 12.3. The predicted molar refractivity (Wildman–Crippen MR) is 106 cm³/mol. The first-order valence-corrected chi connectivity index (χ1v) is 9.87. The zero-order valence-electron chi connectivity index (χ0n) is 15.0. The molecular weight excluding hydrogens is 369 g/mol. The molecule has 2 aromatic rings. The number of halogens is 2. The van der Waals surface area contributed by atoms with Gasteiger partial charge < -0.3 is 9.88 Å². The predicted octanol–water partition coefficient (Wildman–Crippen LogP) is 4.21. The number of amides is 1. The summed E-state index contributed by atoms with van der Waals surface area (Å²) in [5.41, 5.74) is 2.42. The maximum Gasteiger partial charge on any atom is 0.268 e. The van der Waals surface area contributed by atoms with Gasteiger partial charge in [0.05, 0.1) is 5.02 Å². The van der Waals surface area contributed by atoms with E-state index in [4.69, 9.17) is 23.2 Å². The lowest BCUT2D eigenvalue weighted by atomic mass is 9.79. The standard InChI is InChI=1S/C20H23Cl2N3O/c1-12-19(13-7-9-25(12)10-8-13)23-20(26)18-6-5-17(24(18)2)15-4-3-14(21)11-16(15)22/h3-6,11-13,19H,7-10H2,1-2H3,(H,23,26)/t12-,19-/m0/s1. The molecule has 26 heavy (non-hydrogen) atoms. The Labute approximate surface area is 164 Å². The quantitative estimate of drug-likeness (QED) is 0.850. The molecule has 3 saturated heterocycles. The van der Waals surface area contributed by atoms with E-state index >= 15 is 0 Å². The number of hydrogen-bond donors (Lipinski definition) is 1. The Hall–Kier alpha value is -1.49. The van der Waals surface area contributed by atoms with Gasteiger partial charge in [-0.05, 0) is 69.1 Å². The topological polar surface area (TPSA) is 37.3 Å². The minimum absolute atomic E-state index is 0.0190. The lowest BCUT2D eigenvalue weighted by molar-refractivity contribution is 0.0215. The Morgan fingerprint density at radius 1 is 1.15 bits per heavy atom. The molecule has 1 aromatic carbocycles. The number of carbonyl (C=O) groups excluding carboxylic acids is 1. The van der Waals surface area contributed by atoms with Crippen molar-refractivity contribution in [1.82, 2.24) is 14.8 Å². The van der Waals surface area contributed by atoms with Crippen molar-refractivity contribution in [1.29, 1.82) is 0 Å². The van der Waals surface area contributed by atoms with Crippen molar-refractivity contribution in [2.24, 2.45) is 13.0 Å². The number of nitrogens with one attached hydrogen (secondary N) is 1. The average molecular weight is 392 g/mol. The van der Waals surface area contributed by atoms with E-state index in [0.717, 1.165) is 24.3 Å². The van der Waals surface area contributed by atoms with Crippen LogP contribution >= 0.6 is 23.2 Å². The van der Waals surface area contributed by atoms with Crippen molar-refractivity contribution < 1.29 is 4.79 Å². The molecular formula is C20H23Cl2N3O. The van der Waals surface area contributed by atoms with Crippen LogP contribution in [0.3, 0.4) is 0 Å². The van der Waals surface area contributed by atoms with Crippen LogP contribution < -0.4 is 5.32 Å². The van der Waals surface area contributed by atoms with Gasteiger partial charge in [0.25, 0.3) is 5.91 Å². The summed E-state index contributed by atoms with van der Waals surface area (Å²) in [5, 5.41) is 4.47. The number of benzene rings is 1. The van der Waals surface area contributed by atoms with Crippen molar-refractivity contribution in [2.75, 3.05) is 13.1 Å². The summed E-state index contributed by atoms with van der Waals surface area (Å²) in [4.78, 5) is 15.4. The van der Waals surface area contributed by atoms with Crippen LogP contribution in [0, 0.1) is 5.92 Å². The van der Waals surface area contributed by atoms with Crippen LogP contribution in [0.1, 0.15) is 30.3 Å². The summed E-state index contributed by atoms with van der Waals surface area (Å²) in [5.74, 6) is 0.568. The van der Waals surface area contributed by atoms with Gasteiger partial charge in [-0.1, -0.05) is 23.2 Å². The van der Waals surface area contributed by atoms with E-state index < -0.39 is 0 Å². The highest BCUT2D eigenvalue weighted by Gasteiger charge is 2.40. The highest BCUT2D eigenvalue weighted by atomic mass is 35.5. The molecule has 3 fully saturated rings. The van der Waals surface area contributed by atoms with Crippen molar-refractivity contribution in [3.05, 3.63) is 46.1 Å². The molecule has 5 rings (SSSR count). The molecule has 3 aliphatic heterocycles. The molecule has 1 amide bonds. The largest absolute Gasteiger partial charge is 0.346 e. The molecule has 0 unspecified atom stereocenters. The summed E-state index contributed by atoms with van der Waals surface area (Å²) in [6.45, 7) is 4.53. The SMILES string of the molecule is C[C@H]1[C@H](NC(=O)c2ccc(-c3ccc(Cl)cc3Cl)n2C)C2CCN1CC2. The van der Waals surface area contributed by atoms with Gasteiger partial charge in [-0.2, -0.15) is 0 Å². The molecule has 3 aliphatic rings. The Bertz CT molecular complexity index is 838. The fourth-order valence-electron chi connectivity index (χ4n) is 4.48. The smallest absolute Gasteiger partial charge is 0.268 e. The van der Waals surface area contributed by atoms with Crippen molar-refractivity contribution in [3.8, 4) is 11.3 Å². The minimum Gasteiger partial charge on any atom is -0.346 e. The molecule has 4 heterocycles. The monoisotopic (exact) mass is 391 g/mol. The highest BCUT2D eigenvalue weighted by molar-refractivity contribution is 6.36. The maximum absolute atomic E-state index is 12.9. The van der Waals surface area contributed by atoms with Gasteiger partial charge in [0.15, 0.2) is 0 Å². The molecule has 6 heteroatoms. The lowest BCUT2D eigenvalue weighted by Crippen LogP contribution is -2.62. The molecule has 0 radical (unpaired) electrons. The third-order valence-corrected chi connectivity index (χ3v) is 6.58. The van der Waals surface area contributed by atoms with Gasteiger partial charge in [0.2, 0.25) is 0 Å². The molecule has 2 atom stereocenters. The van der Waals surface area contributed by atoms with Gasteiger partial charge in [0, 0.05) is 35.4 Å². The van der Waals surface area contributed by atoms with Crippen molar-refractivity contribution >= 4 is 29.1 Å². The van der Waals surface area contributed by atoms with Crippen LogP contribution in [-0.4, -0.2) is 40.5 Å². The number of piperidine rings is 3. The Balaban J connectivity index is 1.57. The molecule has 0 saturated carbocycles. The first kappa shape index (κ1) is 17.9. The van der Waals surface area contributed by atoms with Crippen LogP contribution in [-0.2, 0) is 7.05 Å². The van der Waals surface area contributed by atoms with Crippen molar-refractivity contribution in [3.63, 3.8) is 0 Å². The molecule has 0 aliphatic carbocycles. The second-order valence-corrected chi connectivity index (χ2v) is 8.24. The zero-order valence-corrected chi connectivity index (χ0v) is 16.5. The molecule has 1 N–H and O–H groups in total. The number of nitrogens with zero attached hydrogens (tertiary/aromatic N) is 2. The highest BCUT2D eigenvalue weighted by Crippen LogP contribution is 2.33. The van der Waals surface area contributed by atoms with E-state index in [1.807, 2.05) is 35.9 Å². The van der Waals surface area contributed by atoms with E-state index in [0.29, 0.717) is 27.7 Å². The summed E-state index contributed by atoms with van der Waals surface area (Å²) in [7, 11) is 1.90. The minimum atomic E-state index is -0.0190. The van der Waals surface area contributed by atoms with Crippen LogP contribution in [0.5, 0.6) is 0 Å². The fraction of sp³-hybridized carbons (Fsp3) is 0.450. The third kappa shape index (κ3) is 3.04. The van der Waals surface area contributed by atoms with Crippen LogP contribution in [0.4, 0.5) is 0 Å². The average Bonchev–Trinajstić information content (AvgIpc) is 3.00. The number of hydrogen-bond acceptors (Lipinski definition) is 2. The van der Waals surface area contributed by atoms with Gasteiger partial charge in [-0.3, -0.25) is 9.69 Å². The fourth-order valence-corrected chi connectivity index (χ4v) is 4.98. The number of carbonyl (C=O) groups is 1. The van der Waals surface area contributed by atoms with Crippen LogP contribution in [0.15, 0.2) is 30.3 Å². The molecule has 4 nitrogen and oxygen atoms in total. The number of rotatable bonds is 3. The van der Waals surface area contributed by atoms with E-state index in [1.165, 1.54) is 12.8 Å². The van der Waals surface area contributed by atoms with E-state index in [-0.39, 0.29) is 11.9 Å². The summed E-state index contributed by atoms with van der Waals surface area (Å²) < 4.78 is 1.90. The third-order valence-electron chi connectivity index (χ3n) is 6.04. The normalized spacial score (nSPS) is 27.5. The second kappa shape index (κ2) is 6.91. The Kier molecular flexibility index (Phi) is 4.76. The molecule has 2 bridgehead atoms. The van der Waals surface area contributed by atoms with E-state index in [1.54, 1.807) is 6.07 Å². The Morgan fingerprint density at radius 3 is 2.54 bits per heavy atom. The lowest BCUT2D eigenvalue weighted by Gasteiger charge is -2.49. The first-order valence-electron chi connectivity index (χ1n) is 9.12. The van der Waals surface area contributed by atoms with Gasteiger partial charge in [0.1, 0.15) is 5.69 Å². The molecule has 1 aromatic heterocycles. The molecule has 138 valence electrons. The van der Waals surface area contributed by atoms with Gasteiger partial charge in [-0.15, -0.1) is 0 Å². The number of aromatic nitrogens is 1. The zero-order chi connectivity index (χ0) is 18.4. The Morgan fingerprint density at radius 2 is 1.88 bits per heavy atom. The van der Waals surface area contributed by atoms with E-state index in [2.05, 4.69) is 17.1 Å².